The third kappa shape index (κ3) is 3.87. The molecule has 0 aliphatic rings. The monoisotopic (exact) mass is 361 g/mol. The Hall–Kier alpha value is -0.730. The summed E-state index contributed by atoms with van der Waals surface area (Å²) in [6.07, 6.45) is 0. The van der Waals surface area contributed by atoms with Gasteiger partial charge in [-0.2, -0.15) is 0 Å². The zero-order chi connectivity index (χ0) is 13.9. The Kier molecular flexibility index (Phi) is 4.75. The van der Waals surface area contributed by atoms with Crippen LogP contribution >= 0.6 is 27.3 Å². The number of thiophene rings is 1. The second-order valence-corrected chi connectivity index (χ2v) is 8.08. The van der Waals surface area contributed by atoms with Crippen LogP contribution in [0, 0.1) is 6.92 Å². The van der Waals surface area contributed by atoms with E-state index in [1.54, 1.807) is 13.0 Å². The van der Waals surface area contributed by atoms with Crippen molar-refractivity contribution >= 4 is 37.3 Å². The minimum Gasteiger partial charge on any atom is -0.282 e. The van der Waals surface area contributed by atoms with E-state index in [0.29, 0.717) is 4.88 Å². The van der Waals surface area contributed by atoms with Gasteiger partial charge in [0.05, 0.1) is 15.3 Å². The number of hydrogen-bond donors (Lipinski definition) is 1. The van der Waals surface area contributed by atoms with Gasteiger partial charge in [0.2, 0.25) is 0 Å². The van der Waals surface area contributed by atoms with Gasteiger partial charge in [0, 0.05) is 4.88 Å². The van der Waals surface area contributed by atoms with Crippen LogP contribution in [0.15, 0.2) is 45.1 Å². The summed E-state index contributed by atoms with van der Waals surface area (Å²) in [7, 11) is -3.63. The van der Waals surface area contributed by atoms with E-state index in [2.05, 4.69) is 20.8 Å². The maximum Gasteiger partial charge on any atom is 0.263 e. The molecule has 2 aromatic rings. The molecule has 0 saturated carbocycles. The van der Waals surface area contributed by atoms with Crippen LogP contribution in [-0.4, -0.2) is 8.42 Å². The van der Waals surface area contributed by atoms with Crippen LogP contribution in [0.25, 0.3) is 0 Å². The van der Waals surface area contributed by atoms with E-state index in [-0.39, 0.29) is 11.5 Å². The number of nitrogens with one attached hydrogen (secondary N) is 1. The highest BCUT2D eigenvalue weighted by molar-refractivity contribution is 9.11. The smallest absolute Gasteiger partial charge is 0.263 e. The third-order valence-electron chi connectivity index (χ3n) is 2.38. The Balaban J connectivity index is 2.01. The molecule has 1 N–H and O–H groups in total. The summed E-state index contributed by atoms with van der Waals surface area (Å²) in [6, 6.07) is 10.9. The fraction of sp³-hybridized carbons (Fsp3) is 0.167. The van der Waals surface area contributed by atoms with E-state index < -0.39 is 10.0 Å². The maximum absolute atomic E-state index is 12.0. The molecule has 0 aliphatic heterocycles. The van der Waals surface area contributed by atoms with Crippen LogP contribution in [0.1, 0.15) is 10.4 Å². The molecule has 1 aromatic carbocycles. The van der Waals surface area contributed by atoms with Gasteiger partial charge in [-0.1, -0.05) is 35.2 Å². The Morgan fingerprint density at radius 1 is 1.32 bits per heavy atom. The molecule has 19 heavy (non-hydrogen) atoms. The van der Waals surface area contributed by atoms with E-state index in [4.69, 9.17) is 4.84 Å². The average Bonchev–Trinajstić information content (AvgIpc) is 2.70. The quantitative estimate of drug-likeness (QED) is 0.831. The van der Waals surface area contributed by atoms with Gasteiger partial charge in [-0.3, -0.25) is 4.84 Å². The van der Waals surface area contributed by atoms with Crippen LogP contribution in [-0.2, 0) is 21.5 Å². The first-order chi connectivity index (χ1) is 8.99. The van der Waals surface area contributed by atoms with Crippen molar-refractivity contribution in [2.45, 2.75) is 18.4 Å². The minimum absolute atomic E-state index is 0.185. The first-order valence-electron chi connectivity index (χ1n) is 5.42. The molecule has 0 unspecified atom stereocenters. The molecule has 7 heteroatoms. The maximum atomic E-state index is 12.0. The summed E-state index contributed by atoms with van der Waals surface area (Å²) in [6.45, 7) is 1.94. The van der Waals surface area contributed by atoms with Gasteiger partial charge in [-0.15, -0.1) is 11.3 Å². The summed E-state index contributed by atoms with van der Waals surface area (Å²) in [5.74, 6) is 0. The van der Waals surface area contributed by atoms with E-state index in [0.717, 1.165) is 9.35 Å². The number of benzene rings is 1. The van der Waals surface area contributed by atoms with Crippen LogP contribution in [0.3, 0.4) is 0 Å². The summed E-state index contributed by atoms with van der Waals surface area (Å²) >= 11 is 4.63. The molecule has 0 fully saturated rings. The molecule has 1 aromatic heterocycles. The van der Waals surface area contributed by atoms with Crippen molar-refractivity contribution in [3.05, 3.63) is 50.6 Å². The predicted molar refractivity (Wildman–Crippen MR) is 78.3 cm³/mol. The molecular formula is C12H12BrNO3S2. The average molecular weight is 362 g/mol. The van der Waals surface area contributed by atoms with Gasteiger partial charge in [-0.05, 0) is 34.5 Å². The molecule has 0 radical (unpaired) electrons. The molecule has 0 amide bonds. The number of hydrogen-bond acceptors (Lipinski definition) is 4. The summed E-state index contributed by atoms with van der Waals surface area (Å²) in [4.78, 5) is 8.14. The largest absolute Gasteiger partial charge is 0.282 e. The molecular weight excluding hydrogens is 350 g/mol. The van der Waals surface area contributed by atoms with Crippen molar-refractivity contribution in [2.75, 3.05) is 0 Å². The highest BCUT2D eigenvalue weighted by Gasteiger charge is 2.19. The van der Waals surface area contributed by atoms with Gasteiger partial charge >= 0.3 is 0 Å². The Bertz CT molecular complexity index is 653. The topological polar surface area (TPSA) is 55.4 Å². The van der Waals surface area contributed by atoms with Gasteiger partial charge in [-0.25, -0.2) is 8.42 Å². The number of sulfonamides is 1. The third-order valence-corrected chi connectivity index (χ3v) is 5.40. The molecule has 0 bridgehead atoms. The highest BCUT2D eigenvalue weighted by Crippen LogP contribution is 2.29. The molecule has 1 heterocycles. The molecule has 0 spiro atoms. The standard InChI is InChI=1S/C12H12BrNO3S2/c1-9-11(7-12(13)18-9)19(15,16)14-17-8-10-5-3-2-4-6-10/h2-7,14H,8H2,1H3. The Morgan fingerprint density at radius 2 is 2.00 bits per heavy atom. The first kappa shape index (κ1) is 14.7. The fourth-order valence-electron chi connectivity index (χ4n) is 1.51. The van der Waals surface area contributed by atoms with Crippen molar-refractivity contribution in [3.63, 3.8) is 0 Å². The lowest BCUT2D eigenvalue weighted by molar-refractivity contribution is 0.0795. The predicted octanol–water partition coefficient (Wildman–Crippen LogP) is 3.23. The van der Waals surface area contributed by atoms with Crippen molar-refractivity contribution in [1.29, 1.82) is 0 Å². The SMILES string of the molecule is Cc1sc(Br)cc1S(=O)(=O)NOCc1ccccc1. The molecule has 4 nitrogen and oxygen atoms in total. The molecule has 0 saturated heterocycles. The minimum atomic E-state index is -3.63. The number of rotatable bonds is 5. The summed E-state index contributed by atoms with van der Waals surface area (Å²) < 4.78 is 24.8. The van der Waals surface area contributed by atoms with Gasteiger partial charge in [0.1, 0.15) is 0 Å². The lowest BCUT2D eigenvalue weighted by Crippen LogP contribution is -2.24. The second kappa shape index (κ2) is 6.15. The molecule has 0 aliphatic carbocycles. The molecule has 2 rings (SSSR count). The Morgan fingerprint density at radius 3 is 2.58 bits per heavy atom. The van der Waals surface area contributed by atoms with E-state index in [1.807, 2.05) is 30.3 Å². The van der Waals surface area contributed by atoms with E-state index >= 15 is 0 Å². The highest BCUT2D eigenvalue weighted by atomic mass is 79.9. The lowest BCUT2D eigenvalue weighted by atomic mass is 10.2. The normalized spacial score (nSPS) is 11.7. The van der Waals surface area contributed by atoms with Crippen molar-refractivity contribution in [3.8, 4) is 0 Å². The van der Waals surface area contributed by atoms with Crippen molar-refractivity contribution in [2.24, 2.45) is 0 Å². The number of aryl methyl sites for hydroxylation is 1. The van der Waals surface area contributed by atoms with E-state index in [9.17, 15) is 8.42 Å². The lowest BCUT2D eigenvalue weighted by Gasteiger charge is -2.06. The van der Waals surface area contributed by atoms with Gasteiger partial charge < -0.3 is 0 Å². The summed E-state index contributed by atoms with van der Waals surface area (Å²) in [5, 5.41) is 0. The molecule has 102 valence electrons. The summed E-state index contributed by atoms with van der Waals surface area (Å²) in [5.41, 5.74) is 0.897. The van der Waals surface area contributed by atoms with Crippen LogP contribution in [0.2, 0.25) is 0 Å². The number of halogens is 1. The van der Waals surface area contributed by atoms with Crippen LogP contribution in [0.4, 0.5) is 0 Å². The van der Waals surface area contributed by atoms with Gasteiger partial charge in [0.25, 0.3) is 10.0 Å². The van der Waals surface area contributed by atoms with E-state index in [1.165, 1.54) is 11.3 Å². The first-order valence-corrected chi connectivity index (χ1v) is 8.52. The molecule has 0 atom stereocenters. The Labute approximate surface area is 124 Å². The zero-order valence-corrected chi connectivity index (χ0v) is 13.3. The van der Waals surface area contributed by atoms with Crippen molar-refractivity contribution in [1.82, 2.24) is 4.89 Å². The van der Waals surface area contributed by atoms with Gasteiger partial charge in [0.15, 0.2) is 0 Å². The van der Waals surface area contributed by atoms with Crippen molar-refractivity contribution < 1.29 is 13.3 Å². The van der Waals surface area contributed by atoms with Crippen LogP contribution in [0.5, 0.6) is 0 Å². The second-order valence-electron chi connectivity index (χ2n) is 3.83. The van der Waals surface area contributed by atoms with Crippen LogP contribution < -0.4 is 4.89 Å². The fourth-order valence-corrected chi connectivity index (χ4v) is 4.73. The zero-order valence-electron chi connectivity index (χ0n) is 10.1.